The van der Waals surface area contributed by atoms with Crippen molar-refractivity contribution in [3.05, 3.63) is 59.9 Å². The van der Waals surface area contributed by atoms with Crippen LogP contribution < -0.4 is 10.1 Å². The maximum atomic E-state index is 12.6. The number of ether oxygens (including phenoxy) is 2. The molecule has 156 valence electrons. The third-order valence-electron chi connectivity index (χ3n) is 4.94. The molecule has 1 saturated carbocycles. The van der Waals surface area contributed by atoms with Gasteiger partial charge in [0.1, 0.15) is 11.4 Å². The van der Waals surface area contributed by atoms with Gasteiger partial charge in [0, 0.05) is 30.8 Å². The van der Waals surface area contributed by atoms with Gasteiger partial charge in [-0.1, -0.05) is 6.07 Å². The highest BCUT2D eigenvalue weighted by Gasteiger charge is 2.31. The van der Waals surface area contributed by atoms with Gasteiger partial charge in [0.15, 0.2) is 0 Å². The van der Waals surface area contributed by atoms with Crippen LogP contribution in [0.5, 0.6) is 11.6 Å². The molecule has 30 heavy (non-hydrogen) atoms. The molecule has 9 heteroatoms. The standard InChI is InChI=1S/C21H18F3N3O3/c1-29-16-9-14(10-16)26-20(28)18-5-2-12-8-15(4-6-17(12)27-18)30-19-7-3-13(11-25-19)21(22,23)24/h2-8,11,14,16H,9-10H2,1H3,(H,26,28)/t14-,16+. The molecule has 0 spiro atoms. The third kappa shape index (κ3) is 4.35. The summed E-state index contributed by atoms with van der Waals surface area (Å²) in [5.41, 5.74) is 0.0585. The number of halogens is 3. The molecule has 0 saturated heterocycles. The van der Waals surface area contributed by atoms with Gasteiger partial charge in [0.2, 0.25) is 5.88 Å². The zero-order valence-corrected chi connectivity index (χ0v) is 15.9. The molecule has 0 unspecified atom stereocenters. The molecule has 0 bridgehead atoms. The highest BCUT2D eigenvalue weighted by molar-refractivity contribution is 5.95. The van der Waals surface area contributed by atoms with E-state index in [1.807, 2.05) is 0 Å². The van der Waals surface area contributed by atoms with Crippen molar-refractivity contribution in [2.75, 3.05) is 7.11 Å². The molecule has 1 aliphatic rings. The van der Waals surface area contributed by atoms with E-state index < -0.39 is 11.7 Å². The summed E-state index contributed by atoms with van der Waals surface area (Å²) in [5.74, 6) is 0.195. The van der Waals surface area contributed by atoms with Gasteiger partial charge in [-0.2, -0.15) is 13.2 Å². The van der Waals surface area contributed by atoms with Crippen molar-refractivity contribution < 1.29 is 27.4 Å². The minimum Gasteiger partial charge on any atom is -0.439 e. The van der Waals surface area contributed by atoms with Crippen LogP contribution in [0, 0.1) is 0 Å². The first-order chi connectivity index (χ1) is 14.3. The number of nitrogens with one attached hydrogen (secondary N) is 1. The van der Waals surface area contributed by atoms with Crippen molar-refractivity contribution >= 4 is 16.8 Å². The summed E-state index contributed by atoms with van der Waals surface area (Å²) in [4.78, 5) is 20.4. The van der Waals surface area contributed by atoms with Crippen LogP contribution in [0.4, 0.5) is 13.2 Å². The zero-order chi connectivity index (χ0) is 21.3. The molecule has 4 rings (SSSR count). The average molecular weight is 417 g/mol. The van der Waals surface area contributed by atoms with E-state index in [4.69, 9.17) is 9.47 Å². The maximum Gasteiger partial charge on any atom is 0.417 e. The summed E-state index contributed by atoms with van der Waals surface area (Å²) in [7, 11) is 1.65. The van der Waals surface area contributed by atoms with Crippen molar-refractivity contribution in [3.63, 3.8) is 0 Å². The number of pyridine rings is 2. The molecule has 1 aliphatic carbocycles. The monoisotopic (exact) mass is 417 g/mol. The van der Waals surface area contributed by atoms with E-state index in [-0.39, 0.29) is 23.9 Å². The summed E-state index contributed by atoms with van der Waals surface area (Å²) in [6.45, 7) is 0. The molecule has 1 aromatic carbocycles. The van der Waals surface area contributed by atoms with Crippen LogP contribution in [0.2, 0.25) is 0 Å². The summed E-state index contributed by atoms with van der Waals surface area (Å²) in [6, 6.07) is 10.5. The second kappa shape index (κ2) is 7.91. The Morgan fingerprint density at radius 1 is 1.13 bits per heavy atom. The Kier molecular flexibility index (Phi) is 5.29. The van der Waals surface area contributed by atoms with Gasteiger partial charge in [-0.25, -0.2) is 9.97 Å². The average Bonchev–Trinajstić information content (AvgIpc) is 2.69. The Labute approximate surface area is 170 Å². The lowest BCUT2D eigenvalue weighted by Crippen LogP contribution is -2.47. The van der Waals surface area contributed by atoms with Crippen LogP contribution in [0.25, 0.3) is 10.9 Å². The topological polar surface area (TPSA) is 73.3 Å². The number of carbonyl (C=O) groups excluding carboxylic acids is 1. The Hall–Kier alpha value is -3.20. The van der Waals surface area contributed by atoms with Gasteiger partial charge in [0.25, 0.3) is 5.91 Å². The Morgan fingerprint density at radius 2 is 1.93 bits per heavy atom. The molecule has 6 nitrogen and oxygen atoms in total. The number of rotatable bonds is 5. The van der Waals surface area contributed by atoms with Crippen LogP contribution in [0.1, 0.15) is 28.9 Å². The first-order valence-electron chi connectivity index (χ1n) is 9.27. The minimum absolute atomic E-state index is 0.0427. The third-order valence-corrected chi connectivity index (χ3v) is 4.94. The van der Waals surface area contributed by atoms with Gasteiger partial charge < -0.3 is 14.8 Å². The Morgan fingerprint density at radius 3 is 2.60 bits per heavy atom. The van der Waals surface area contributed by atoms with Crippen molar-refractivity contribution in [3.8, 4) is 11.6 Å². The predicted octanol–water partition coefficient (Wildman–Crippen LogP) is 4.35. The van der Waals surface area contributed by atoms with Gasteiger partial charge >= 0.3 is 6.18 Å². The first-order valence-corrected chi connectivity index (χ1v) is 9.27. The Balaban J connectivity index is 1.44. The van der Waals surface area contributed by atoms with Crippen LogP contribution >= 0.6 is 0 Å². The summed E-state index contributed by atoms with van der Waals surface area (Å²) in [5, 5.41) is 3.65. The largest absolute Gasteiger partial charge is 0.439 e. The van der Waals surface area contributed by atoms with E-state index in [0.717, 1.165) is 36.6 Å². The van der Waals surface area contributed by atoms with Crippen LogP contribution in [-0.4, -0.2) is 35.1 Å². The molecule has 0 radical (unpaired) electrons. The maximum absolute atomic E-state index is 12.6. The van der Waals surface area contributed by atoms with Gasteiger partial charge in [-0.05, 0) is 43.2 Å². The molecule has 2 heterocycles. The summed E-state index contributed by atoms with van der Waals surface area (Å²) in [6.07, 6.45) is -1.96. The predicted molar refractivity (Wildman–Crippen MR) is 102 cm³/mol. The lowest BCUT2D eigenvalue weighted by atomic mass is 9.89. The van der Waals surface area contributed by atoms with Crippen LogP contribution in [0.15, 0.2) is 48.7 Å². The molecule has 0 atom stereocenters. The van der Waals surface area contributed by atoms with Crippen LogP contribution in [0.3, 0.4) is 0 Å². The van der Waals surface area contributed by atoms with Crippen molar-refractivity contribution in [1.82, 2.24) is 15.3 Å². The smallest absolute Gasteiger partial charge is 0.417 e. The number of aromatic nitrogens is 2. The van der Waals surface area contributed by atoms with E-state index >= 15 is 0 Å². The molecule has 0 aliphatic heterocycles. The number of benzene rings is 1. The quantitative estimate of drug-likeness (QED) is 0.668. The first kappa shape index (κ1) is 20.1. The van der Waals surface area contributed by atoms with Crippen molar-refractivity contribution in [1.29, 1.82) is 0 Å². The fourth-order valence-corrected chi connectivity index (χ4v) is 3.16. The molecular formula is C21H18F3N3O3. The lowest BCUT2D eigenvalue weighted by Gasteiger charge is -2.34. The van der Waals surface area contributed by atoms with E-state index in [9.17, 15) is 18.0 Å². The fourth-order valence-electron chi connectivity index (χ4n) is 3.16. The number of hydrogen-bond donors (Lipinski definition) is 1. The fraction of sp³-hybridized carbons (Fsp3) is 0.286. The second-order valence-corrected chi connectivity index (χ2v) is 7.04. The number of fused-ring (bicyclic) bond motifs is 1. The summed E-state index contributed by atoms with van der Waals surface area (Å²) < 4.78 is 48.6. The zero-order valence-electron chi connectivity index (χ0n) is 15.9. The number of amides is 1. The summed E-state index contributed by atoms with van der Waals surface area (Å²) >= 11 is 0. The highest BCUT2D eigenvalue weighted by atomic mass is 19.4. The van der Waals surface area contributed by atoms with Gasteiger partial charge in [0.05, 0.1) is 17.2 Å². The van der Waals surface area contributed by atoms with Crippen LogP contribution in [-0.2, 0) is 10.9 Å². The highest BCUT2D eigenvalue weighted by Crippen LogP contribution is 2.30. The molecule has 3 aromatic rings. The molecular weight excluding hydrogens is 399 g/mol. The number of carbonyl (C=O) groups is 1. The van der Waals surface area contributed by atoms with Gasteiger partial charge in [-0.15, -0.1) is 0 Å². The number of hydrogen-bond acceptors (Lipinski definition) is 5. The Bertz CT molecular complexity index is 1060. The number of nitrogens with zero attached hydrogens (tertiary/aromatic N) is 2. The van der Waals surface area contributed by atoms with Gasteiger partial charge in [-0.3, -0.25) is 4.79 Å². The normalized spacial score (nSPS) is 18.7. The van der Waals surface area contributed by atoms with E-state index in [2.05, 4.69) is 15.3 Å². The number of alkyl halides is 3. The van der Waals surface area contributed by atoms with Crippen molar-refractivity contribution in [2.24, 2.45) is 0 Å². The molecule has 1 N–H and O–H groups in total. The molecule has 1 amide bonds. The SMILES string of the molecule is CO[C@H]1C[C@@H](NC(=O)c2ccc3cc(Oc4ccc(C(F)(F)F)cn4)ccc3n2)C1. The second-order valence-electron chi connectivity index (χ2n) is 7.04. The van der Waals surface area contributed by atoms with E-state index in [1.54, 1.807) is 37.4 Å². The lowest BCUT2D eigenvalue weighted by molar-refractivity contribution is -0.137. The molecule has 2 aromatic heterocycles. The number of methoxy groups -OCH3 is 1. The van der Waals surface area contributed by atoms with Crippen molar-refractivity contribution in [2.45, 2.75) is 31.2 Å². The van der Waals surface area contributed by atoms with E-state index in [0.29, 0.717) is 17.0 Å². The van der Waals surface area contributed by atoms with E-state index in [1.165, 1.54) is 0 Å². The minimum atomic E-state index is -4.45. The molecule has 1 fully saturated rings.